The molecular formula is C14H24Cl2N2O. The Morgan fingerprint density at radius 3 is 2.11 bits per heavy atom. The first-order valence-electron chi connectivity index (χ1n) is 6.53. The normalized spacial score (nSPS) is 15.5. The molecule has 0 aliphatic carbocycles. The number of benzene rings is 1. The summed E-state index contributed by atoms with van der Waals surface area (Å²) < 4.78 is 0. The van der Waals surface area contributed by atoms with Crippen molar-refractivity contribution in [3.05, 3.63) is 30.3 Å². The number of nitrogens with zero attached hydrogens (tertiary/aromatic N) is 2. The number of aliphatic hydroxyl groups excluding tert-OH is 1. The van der Waals surface area contributed by atoms with E-state index in [1.807, 2.05) is 0 Å². The van der Waals surface area contributed by atoms with Crippen LogP contribution in [-0.4, -0.2) is 49.3 Å². The highest BCUT2D eigenvalue weighted by atomic mass is 35.5. The van der Waals surface area contributed by atoms with Crippen LogP contribution >= 0.6 is 24.8 Å². The number of piperazine rings is 1. The van der Waals surface area contributed by atoms with Crippen LogP contribution in [0.1, 0.15) is 12.8 Å². The van der Waals surface area contributed by atoms with Crippen molar-refractivity contribution in [2.45, 2.75) is 12.8 Å². The zero-order valence-electron chi connectivity index (χ0n) is 11.2. The van der Waals surface area contributed by atoms with Crippen LogP contribution in [0.5, 0.6) is 0 Å². The Morgan fingerprint density at radius 2 is 1.53 bits per heavy atom. The first-order chi connectivity index (χ1) is 8.40. The van der Waals surface area contributed by atoms with Crippen LogP contribution in [0.4, 0.5) is 5.69 Å². The number of para-hydroxylation sites is 1. The molecule has 1 N–H and O–H groups in total. The van der Waals surface area contributed by atoms with Gasteiger partial charge in [0.05, 0.1) is 0 Å². The Morgan fingerprint density at radius 1 is 0.895 bits per heavy atom. The molecule has 0 bridgehead atoms. The molecule has 0 amide bonds. The van der Waals surface area contributed by atoms with E-state index in [1.165, 1.54) is 5.69 Å². The predicted octanol–water partition coefficient (Wildman–Crippen LogP) is 2.42. The Labute approximate surface area is 128 Å². The van der Waals surface area contributed by atoms with Gasteiger partial charge in [0.25, 0.3) is 0 Å². The maximum atomic E-state index is 8.76. The molecule has 2 rings (SSSR count). The summed E-state index contributed by atoms with van der Waals surface area (Å²) in [4.78, 5) is 4.94. The van der Waals surface area contributed by atoms with Gasteiger partial charge in [-0.1, -0.05) is 18.2 Å². The monoisotopic (exact) mass is 306 g/mol. The molecular weight excluding hydrogens is 283 g/mol. The van der Waals surface area contributed by atoms with E-state index in [9.17, 15) is 0 Å². The van der Waals surface area contributed by atoms with Crippen LogP contribution in [0.15, 0.2) is 30.3 Å². The van der Waals surface area contributed by atoms with Gasteiger partial charge in [0.15, 0.2) is 0 Å². The summed E-state index contributed by atoms with van der Waals surface area (Å²) in [6.45, 7) is 5.96. The second kappa shape index (κ2) is 10.3. The molecule has 3 nitrogen and oxygen atoms in total. The van der Waals surface area contributed by atoms with Gasteiger partial charge in [-0.2, -0.15) is 0 Å². The third-order valence-electron chi connectivity index (χ3n) is 3.38. The second-order valence-corrected chi connectivity index (χ2v) is 4.59. The highest BCUT2D eigenvalue weighted by Gasteiger charge is 2.16. The molecule has 0 spiro atoms. The topological polar surface area (TPSA) is 26.7 Å². The van der Waals surface area contributed by atoms with E-state index in [1.54, 1.807) is 0 Å². The molecule has 0 saturated carbocycles. The Bertz CT molecular complexity index is 316. The number of halogens is 2. The van der Waals surface area contributed by atoms with Crippen LogP contribution in [-0.2, 0) is 0 Å². The van der Waals surface area contributed by atoms with Gasteiger partial charge in [-0.25, -0.2) is 0 Å². The lowest BCUT2D eigenvalue weighted by molar-refractivity contribution is 0.232. The molecule has 110 valence electrons. The fraction of sp³-hybridized carbons (Fsp3) is 0.571. The molecule has 1 aliphatic heterocycles. The van der Waals surface area contributed by atoms with E-state index < -0.39 is 0 Å². The van der Waals surface area contributed by atoms with E-state index >= 15 is 0 Å². The van der Waals surface area contributed by atoms with Crippen LogP contribution in [0.2, 0.25) is 0 Å². The molecule has 1 aromatic carbocycles. The number of hydrogen-bond acceptors (Lipinski definition) is 3. The summed E-state index contributed by atoms with van der Waals surface area (Å²) in [6, 6.07) is 10.6. The Hall–Kier alpha value is -0.480. The second-order valence-electron chi connectivity index (χ2n) is 4.59. The molecule has 0 radical (unpaired) electrons. The van der Waals surface area contributed by atoms with Gasteiger partial charge < -0.3 is 10.0 Å². The smallest absolute Gasteiger partial charge is 0.0431 e. The lowest BCUT2D eigenvalue weighted by Gasteiger charge is -2.36. The van der Waals surface area contributed by atoms with E-state index in [0.29, 0.717) is 6.61 Å². The van der Waals surface area contributed by atoms with Gasteiger partial charge >= 0.3 is 0 Å². The molecule has 5 heteroatoms. The molecule has 19 heavy (non-hydrogen) atoms. The number of hydrogen-bond donors (Lipinski definition) is 1. The van der Waals surface area contributed by atoms with Gasteiger partial charge in [-0.05, 0) is 31.5 Å². The molecule has 0 atom stereocenters. The van der Waals surface area contributed by atoms with E-state index in [-0.39, 0.29) is 24.8 Å². The maximum absolute atomic E-state index is 8.76. The minimum Gasteiger partial charge on any atom is -0.396 e. The first-order valence-corrected chi connectivity index (χ1v) is 6.53. The average Bonchev–Trinajstić information content (AvgIpc) is 2.41. The van der Waals surface area contributed by atoms with Gasteiger partial charge in [0, 0.05) is 38.5 Å². The lowest BCUT2D eigenvalue weighted by atomic mass is 10.2. The molecule has 1 saturated heterocycles. The Balaban J connectivity index is 0.00000162. The van der Waals surface area contributed by atoms with Gasteiger partial charge in [0.2, 0.25) is 0 Å². The number of anilines is 1. The summed E-state index contributed by atoms with van der Waals surface area (Å²) in [6.07, 6.45) is 2.04. The summed E-state index contributed by atoms with van der Waals surface area (Å²) in [5, 5.41) is 8.76. The quantitative estimate of drug-likeness (QED) is 0.846. The highest BCUT2D eigenvalue weighted by Crippen LogP contribution is 2.15. The molecule has 0 aromatic heterocycles. The van der Waals surface area contributed by atoms with E-state index in [0.717, 1.165) is 45.6 Å². The van der Waals surface area contributed by atoms with Crippen LogP contribution in [0.3, 0.4) is 0 Å². The molecule has 1 aromatic rings. The number of unbranched alkanes of at least 4 members (excludes halogenated alkanes) is 1. The van der Waals surface area contributed by atoms with Gasteiger partial charge in [-0.3, -0.25) is 4.90 Å². The summed E-state index contributed by atoms with van der Waals surface area (Å²) >= 11 is 0. The minimum absolute atomic E-state index is 0. The van der Waals surface area contributed by atoms with Crippen molar-refractivity contribution in [1.29, 1.82) is 0 Å². The third-order valence-corrected chi connectivity index (χ3v) is 3.38. The lowest BCUT2D eigenvalue weighted by Crippen LogP contribution is -2.46. The van der Waals surface area contributed by atoms with E-state index in [2.05, 4.69) is 40.1 Å². The molecule has 1 aliphatic rings. The maximum Gasteiger partial charge on any atom is 0.0431 e. The van der Waals surface area contributed by atoms with Crippen molar-refractivity contribution in [2.24, 2.45) is 0 Å². The fourth-order valence-electron chi connectivity index (χ4n) is 2.32. The highest BCUT2D eigenvalue weighted by molar-refractivity contribution is 5.85. The van der Waals surface area contributed by atoms with Gasteiger partial charge in [0.1, 0.15) is 0 Å². The predicted molar refractivity (Wildman–Crippen MR) is 85.9 cm³/mol. The Kier molecular flexibility index (Phi) is 10.1. The van der Waals surface area contributed by atoms with Crippen molar-refractivity contribution in [3.63, 3.8) is 0 Å². The molecule has 0 unspecified atom stereocenters. The van der Waals surface area contributed by atoms with Crippen LogP contribution in [0, 0.1) is 0 Å². The standard InChI is InChI=1S/C14H22N2O.2ClH/c17-13-5-4-8-15-9-11-16(12-10-15)14-6-2-1-3-7-14;;/h1-3,6-7,17H,4-5,8-13H2;2*1H. The summed E-state index contributed by atoms with van der Waals surface area (Å²) in [5.74, 6) is 0. The zero-order chi connectivity index (χ0) is 11.9. The van der Waals surface area contributed by atoms with Crippen molar-refractivity contribution < 1.29 is 5.11 Å². The van der Waals surface area contributed by atoms with Crippen molar-refractivity contribution >= 4 is 30.5 Å². The summed E-state index contributed by atoms with van der Waals surface area (Å²) in [7, 11) is 0. The average molecular weight is 307 g/mol. The third kappa shape index (κ3) is 6.00. The van der Waals surface area contributed by atoms with Crippen molar-refractivity contribution in [3.8, 4) is 0 Å². The van der Waals surface area contributed by atoms with Crippen molar-refractivity contribution in [2.75, 3.05) is 44.2 Å². The number of aliphatic hydroxyl groups is 1. The van der Waals surface area contributed by atoms with Crippen LogP contribution in [0.25, 0.3) is 0 Å². The SMILES string of the molecule is Cl.Cl.OCCCCN1CCN(c2ccccc2)CC1. The van der Waals surface area contributed by atoms with Crippen molar-refractivity contribution in [1.82, 2.24) is 4.90 Å². The van der Waals surface area contributed by atoms with Crippen LogP contribution < -0.4 is 4.90 Å². The number of rotatable bonds is 5. The minimum atomic E-state index is 0. The zero-order valence-corrected chi connectivity index (χ0v) is 12.8. The summed E-state index contributed by atoms with van der Waals surface area (Å²) in [5.41, 5.74) is 1.34. The molecule has 1 heterocycles. The largest absolute Gasteiger partial charge is 0.396 e. The molecule has 1 fully saturated rings. The first kappa shape index (κ1) is 18.5. The van der Waals surface area contributed by atoms with E-state index in [4.69, 9.17) is 5.11 Å². The fourth-order valence-corrected chi connectivity index (χ4v) is 2.32. The van der Waals surface area contributed by atoms with Gasteiger partial charge in [-0.15, -0.1) is 24.8 Å².